The van der Waals surface area contributed by atoms with Gasteiger partial charge >= 0.3 is 5.97 Å². The molecule has 1 saturated heterocycles. The zero-order valence-electron chi connectivity index (χ0n) is 17.6. The number of carbonyl (C=O) groups is 1. The number of hydrogen-bond acceptors (Lipinski definition) is 4. The van der Waals surface area contributed by atoms with Crippen molar-refractivity contribution in [2.24, 2.45) is 0 Å². The summed E-state index contributed by atoms with van der Waals surface area (Å²) in [4.78, 5) is 15.1. The van der Waals surface area contributed by atoms with Crippen LogP contribution < -0.4 is 0 Å². The minimum atomic E-state index is -0.895. The van der Waals surface area contributed by atoms with Crippen molar-refractivity contribution in [1.29, 1.82) is 0 Å². The Labute approximate surface area is 187 Å². The van der Waals surface area contributed by atoms with Crippen LogP contribution in [-0.2, 0) is 11.3 Å². The van der Waals surface area contributed by atoms with Gasteiger partial charge < -0.3 is 9.84 Å². The summed E-state index contributed by atoms with van der Waals surface area (Å²) in [5.74, 6) is -0.895. The van der Waals surface area contributed by atoms with Gasteiger partial charge in [0, 0.05) is 24.5 Å². The number of ether oxygens (including phenoxy) is 1. The van der Waals surface area contributed by atoms with Gasteiger partial charge in [-0.3, -0.25) is 4.90 Å². The second-order valence-corrected chi connectivity index (χ2v) is 8.99. The van der Waals surface area contributed by atoms with E-state index in [9.17, 15) is 9.90 Å². The quantitative estimate of drug-likeness (QED) is 0.504. The van der Waals surface area contributed by atoms with Gasteiger partial charge in [-0.1, -0.05) is 72.8 Å². The molecule has 1 aliphatic rings. The van der Waals surface area contributed by atoms with Crippen LogP contribution in [0.15, 0.2) is 83.8 Å². The third kappa shape index (κ3) is 5.37. The lowest BCUT2D eigenvalue weighted by Gasteiger charge is -2.37. The molecule has 31 heavy (non-hydrogen) atoms. The molecule has 0 radical (unpaired) electrons. The first-order valence-corrected chi connectivity index (χ1v) is 11.4. The predicted molar refractivity (Wildman–Crippen MR) is 125 cm³/mol. The Bertz CT molecular complexity index is 1010. The summed E-state index contributed by atoms with van der Waals surface area (Å²) >= 11 is 1.61. The molecule has 4 nitrogen and oxygen atoms in total. The van der Waals surface area contributed by atoms with Gasteiger partial charge in [0.25, 0.3) is 0 Å². The summed E-state index contributed by atoms with van der Waals surface area (Å²) in [6.07, 6.45) is -0.0360. The Balaban J connectivity index is 1.61. The molecule has 5 heteroatoms. The van der Waals surface area contributed by atoms with Crippen molar-refractivity contribution in [2.45, 2.75) is 29.7 Å². The molecule has 4 rings (SSSR count). The third-order valence-electron chi connectivity index (χ3n) is 5.58. The van der Waals surface area contributed by atoms with Gasteiger partial charge in [-0.05, 0) is 29.7 Å². The number of benzene rings is 3. The predicted octanol–water partition coefficient (Wildman–Crippen LogP) is 5.43. The smallest absolute Gasteiger partial charge is 0.336 e. The molecule has 1 N–H and O–H groups in total. The summed E-state index contributed by atoms with van der Waals surface area (Å²) in [6, 6.07) is 26.2. The van der Waals surface area contributed by atoms with Crippen LogP contribution in [0.25, 0.3) is 0 Å². The Morgan fingerprint density at radius 1 is 1.06 bits per heavy atom. The molecular weight excluding hydrogens is 406 g/mol. The molecule has 0 bridgehead atoms. The fraction of sp³-hybridized carbons (Fsp3) is 0.269. The van der Waals surface area contributed by atoms with Crippen molar-refractivity contribution in [3.05, 3.63) is 101 Å². The molecule has 1 fully saturated rings. The maximum absolute atomic E-state index is 11.9. The molecule has 0 spiro atoms. The summed E-state index contributed by atoms with van der Waals surface area (Å²) < 4.78 is 6.26. The maximum atomic E-state index is 11.9. The lowest BCUT2D eigenvalue weighted by molar-refractivity contribution is -0.0319. The topological polar surface area (TPSA) is 49.8 Å². The molecular formula is C26H27NO3S. The highest BCUT2D eigenvalue weighted by molar-refractivity contribution is 7.99. The molecule has 3 aromatic carbocycles. The monoisotopic (exact) mass is 433 g/mol. The molecule has 0 aromatic heterocycles. The number of nitrogens with zero attached hydrogens (tertiary/aromatic N) is 1. The lowest BCUT2D eigenvalue weighted by Crippen LogP contribution is -2.44. The zero-order valence-corrected chi connectivity index (χ0v) is 18.4. The fourth-order valence-corrected chi connectivity index (χ4v) is 5.41. The van der Waals surface area contributed by atoms with Gasteiger partial charge in [-0.25, -0.2) is 4.79 Å². The maximum Gasteiger partial charge on any atom is 0.336 e. The molecule has 3 aromatic rings. The van der Waals surface area contributed by atoms with Crippen LogP contribution in [0.2, 0.25) is 0 Å². The van der Waals surface area contributed by atoms with Crippen LogP contribution in [0.1, 0.15) is 32.3 Å². The van der Waals surface area contributed by atoms with E-state index in [0.29, 0.717) is 12.2 Å². The zero-order chi connectivity index (χ0) is 21.6. The Hall–Kier alpha value is -2.60. The Kier molecular flexibility index (Phi) is 7.07. The molecule has 160 valence electrons. The molecule has 1 aliphatic heterocycles. The molecule has 0 amide bonds. The highest BCUT2D eigenvalue weighted by Gasteiger charge is 2.31. The fourth-order valence-electron chi connectivity index (χ4n) is 4.01. The van der Waals surface area contributed by atoms with E-state index >= 15 is 0 Å². The van der Waals surface area contributed by atoms with Gasteiger partial charge in [0.05, 0.1) is 23.5 Å². The Morgan fingerprint density at radius 3 is 2.48 bits per heavy atom. The van der Waals surface area contributed by atoms with Crippen LogP contribution in [0, 0.1) is 6.92 Å². The first-order valence-electron chi connectivity index (χ1n) is 10.5. The molecule has 0 aliphatic carbocycles. The van der Waals surface area contributed by atoms with E-state index in [2.05, 4.69) is 41.3 Å². The summed E-state index contributed by atoms with van der Waals surface area (Å²) in [6.45, 7) is 5.22. The molecule has 0 saturated carbocycles. The number of hydrogen-bond donors (Lipinski definition) is 1. The standard InChI is InChI=1S/C26H27NO3S/c1-19-9-8-14-22(26(28)29)24(19)31-25(21-12-6-3-7-13-21)23-18-27(15-16-30-23)17-20-10-4-2-5-11-20/h2-14,23,25H,15-18H2,1H3,(H,28,29)/t23?,25-/m0/s1. The number of rotatable bonds is 7. The van der Waals surface area contributed by atoms with Crippen molar-refractivity contribution >= 4 is 17.7 Å². The molecule has 1 heterocycles. The summed E-state index contributed by atoms with van der Waals surface area (Å²) in [5.41, 5.74) is 3.77. The van der Waals surface area contributed by atoms with Gasteiger partial charge in [-0.2, -0.15) is 0 Å². The van der Waals surface area contributed by atoms with Crippen molar-refractivity contribution < 1.29 is 14.6 Å². The van der Waals surface area contributed by atoms with E-state index in [0.717, 1.165) is 35.7 Å². The van der Waals surface area contributed by atoms with E-state index < -0.39 is 5.97 Å². The average Bonchev–Trinajstić information content (AvgIpc) is 2.79. The molecule has 1 unspecified atom stereocenters. The van der Waals surface area contributed by atoms with Gasteiger partial charge in [0.1, 0.15) is 0 Å². The summed E-state index contributed by atoms with van der Waals surface area (Å²) in [5, 5.41) is 9.74. The Morgan fingerprint density at radius 2 is 1.77 bits per heavy atom. The largest absolute Gasteiger partial charge is 0.478 e. The van der Waals surface area contributed by atoms with Crippen molar-refractivity contribution in [3.8, 4) is 0 Å². The number of carboxylic acid groups (broad SMARTS) is 1. The van der Waals surface area contributed by atoms with E-state index in [1.54, 1.807) is 23.9 Å². The first kappa shape index (κ1) is 21.6. The third-order valence-corrected chi connectivity index (χ3v) is 7.19. The van der Waals surface area contributed by atoms with Crippen LogP contribution in [0.5, 0.6) is 0 Å². The number of aryl methyl sites for hydroxylation is 1. The average molecular weight is 434 g/mol. The van der Waals surface area contributed by atoms with Gasteiger partial charge in [-0.15, -0.1) is 11.8 Å². The van der Waals surface area contributed by atoms with Gasteiger partial charge in [0.15, 0.2) is 0 Å². The van der Waals surface area contributed by atoms with Crippen LogP contribution in [0.4, 0.5) is 0 Å². The van der Waals surface area contributed by atoms with E-state index in [4.69, 9.17) is 4.74 Å². The molecule has 2 atom stereocenters. The highest BCUT2D eigenvalue weighted by atomic mass is 32.2. The minimum absolute atomic E-state index is 0.000951. The van der Waals surface area contributed by atoms with E-state index in [1.165, 1.54) is 5.56 Å². The van der Waals surface area contributed by atoms with Crippen LogP contribution in [0.3, 0.4) is 0 Å². The van der Waals surface area contributed by atoms with Crippen LogP contribution in [-0.4, -0.2) is 41.8 Å². The normalized spacial score (nSPS) is 17.9. The summed E-state index contributed by atoms with van der Waals surface area (Å²) in [7, 11) is 0. The minimum Gasteiger partial charge on any atom is -0.478 e. The second-order valence-electron chi connectivity index (χ2n) is 7.84. The first-order chi connectivity index (χ1) is 15.1. The van der Waals surface area contributed by atoms with Crippen LogP contribution >= 0.6 is 11.8 Å². The van der Waals surface area contributed by atoms with E-state index in [1.807, 2.05) is 37.3 Å². The lowest BCUT2D eigenvalue weighted by atomic mass is 10.1. The second kappa shape index (κ2) is 10.1. The van der Waals surface area contributed by atoms with Crippen molar-refractivity contribution in [1.82, 2.24) is 4.90 Å². The number of carboxylic acids is 1. The highest BCUT2D eigenvalue weighted by Crippen LogP contribution is 2.42. The van der Waals surface area contributed by atoms with Crippen molar-refractivity contribution in [3.63, 3.8) is 0 Å². The van der Waals surface area contributed by atoms with E-state index in [-0.39, 0.29) is 11.4 Å². The van der Waals surface area contributed by atoms with Crippen molar-refractivity contribution in [2.75, 3.05) is 19.7 Å². The SMILES string of the molecule is Cc1cccc(C(=O)O)c1S[C@@H](c1ccccc1)C1CN(Cc2ccccc2)CCO1. The van der Waals surface area contributed by atoms with Gasteiger partial charge in [0.2, 0.25) is 0 Å². The number of aromatic carboxylic acids is 1. The number of thioether (sulfide) groups is 1. The number of morpholine rings is 1.